The first-order valence-electron chi connectivity index (χ1n) is 7.90. The van der Waals surface area contributed by atoms with Gasteiger partial charge >= 0.3 is 0 Å². The summed E-state index contributed by atoms with van der Waals surface area (Å²) in [5.74, 6) is -0.833. The van der Waals surface area contributed by atoms with Gasteiger partial charge in [-0.3, -0.25) is 14.9 Å². The lowest BCUT2D eigenvalue weighted by Gasteiger charge is -2.11. The molecule has 0 unspecified atom stereocenters. The van der Waals surface area contributed by atoms with Crippen molar-refractivity contribution in [3.8, 4) is 11.1 Å². The van der Waals surface area contributed by atoms with Gasteiger partial charge in [0.25, 0.3) is 5.91 Å². The standard InChI is InChI=1S/C20H11ClFNO3S/c21-12-5-8-15-14(10-12)18(24)17(11-3-6-13(22)7-4-11)20(26-15)23-19(25)16-2-1-9-27-16/h1-10H,(H,23,25). The van der Waals surface area contributed by atoms with Crippen molar-refractivity contribution in [1.82, 2.24) is 0 Å². The first kappa shape index (κ1) is 17.5. The molecule has 0 fully saturated rings. The molecule has 7 heteroatoms. The van der Waals surface area contributed by atoms with Crippen molar-refractivity contribution in [2.24, 2.45) is 0 Å². The van der Waals surface area contributed by atoms with Crippen LogP contribution in [0.4, 0.5) is 10.3 Å². The van der Waals surface area contributed by atoms with E-state index in [1.807, 2.05) is 0 Å². The van der Waals surface area contributed by atoms with Crippen LogP contribution >= 0.6 is 22.9 Å². The zero-order chi connectivity index (χ0) is 19.0. The molecular formula is C20H11ClFNO3S. The van der Waals surface area contributed by atoms with Gasteiger partial charge < -0.3 is 4.42 Å². The monoisotopic (exact) mass is 399 g/mol. The summed E-state index contributed by atoms with van der Waals surface area (Å²) >= 11 is 7.27. The average molecular weight is 400 g/mol. The maximum atomic E-state index is 13.3. The highest BCUT2D eigenvalue weighted by molar-refractivity contribution is 7.12. The van der Waals surface area contributed by atoms with Crippen molar-refractivity contribution >= 4 is 45.7 Å². The first-order chi connectivity index (χ1) is 13.0. The number of amides is 1. The van der Waals surface area contributed by atoms with E-state index in [9.17, 15) is 14.0 Å². The van der Waals surface area contributed by atoms with Gasteiger partial charge in [-0.1, -0.05) is 29.8 Å². The number of halogens is 2. The Bertz CT molecular complexity index is 1200. The van der Waals surface area contributed by atoms with Gasteiger partial charge in [0.2, 0.25) is 11.3 Å². The number of carbonyl (C=O) groups excluding carboxylic acids is 1. The molecule has 2 heterocycles. The van der Waals surface area contributed by atoms with Crippen LogP contribution in [-0.2, 0) is 0 Å². The molecule has 0 bridgehead atoms. The molecule has 0 aliphatic carbocycles. The fourth-order valence-corrected chi connectivity index (χ4v) is 3.50. The SMILES string of the molecule is O=C(Nc1oc2ccc(Cl)cc2c(=O)c1-c1ccc(F)cc1)c1cccs1. The van der Waals surface area contributed by atoms with Gasteiger partial charge in [0.1, 0.15) is 11.4 Å². The van der Waals surface area contributed by atoms with Crippen molar-refractivity contribution in [3.05, 3.63) is 85.9 Å². The molecule has 0 saturated carbocycles. The Morgan fingerprint density at radius 3 is 2.59 bits per heavy atom. The maximum absolute atomic E-state index is 13.3. The van der Waals surface area contributed by atoms with Crippen molar-refractivity contribution < 1.29 is 13.6 Å². The van der Waals surface area contributed by atoms with Crippen LogP contribution in [0.5, 0.6) is 0 Å². The van der Waals surface area contributed by atoms with E-state index in [1.165, 1.54) is 41.7 Å². The lowest BCUT2D eigenvalue weighted by Crippen LogP contribution is -2.15. The second-order valence-corrected chi connectivity index (χ2v) is 7.10. The second-order valence-electron chi connectivity index (χ2n) is 5.71. The molecule has 2 aromatic heterocycles. The molecule has 134 valence electrons. The predicted molar refractivity (Wildman–Crippen MR) is 105 cm³/mol. The molecule has 0 saturated heterocycles. The van der Waals surface area contributed by atoms with Crippen LogP contribution in [0, 0.1) is 5.82 Å². The number of hydrogen-bond donors (Lipinski definition) is 1. The van der Waals surface area contributed by atoms with Crippen molar-refractivity contribution in [3.63, 3.8) is 0 Å². The van der Waals surface area contributed by atoms with Crippen molar-refractivity contribution in [2.75, 3.05) is 5.32 Å². The zero-order valence-corrected chi connectivity index (χ0v) is 15.2. The van der Waals surface area contributed by atoms with Crippen LogP contribution < -0.4 is 10.7 Å². The summed E-state index contributed by atoms with van der Waals surface area (Å²) in [6, 6.07) is 13.5. The van der Waals surface area contributed by atoms with Crippen LogP contribution in [0.2, 0.25) is 5.02 Å². The lowest BCUT2D eigenvalue weighted by atomic mass is 10.0. The fraction of sp³-hybridized carbons (Fsp3) is 0. The molecule has 27 heavy (non-hydrogen) atoms. The van der Waals surface area contributed by atoms with Gasteiger partial charge in [-0.25, -0.2) is 4.39 Å². The quantitative estimate of drug-likeness (QED) is 0.490. The third-order valence-corrected chi connectivity index (χ3v) is 5.06. The first-order valence-corrected chi connectivity index (χ1v) is 9.16. The number of nitrogens with one attached hydrogen (secondary N) is 1. The van der Waals surface area contributed by atoms with Gasteiger partial charge in [-0.2, -0.15) is 0 Å². The highest BCUT2D eigenvalue weighted by Crippen LogP contribution is 2.30. The summed E-state index contributed by atoms with van der Waals surface area (Å²) < 4.78 is 19.1. The molecule has 2 aromatic carbocycles. The van der Waals surface area contributed by atoms with Gasteiger partial charge in [0, 0.05) is 5.02 Å². The Morgan fingerprint density at radius 1 is 1.11 bits per heavy atom. The molecule has 0 radical (unpaired) electrons. The summed E-state index contributed by atoms with van der Waals surface area (Å²) in [5, 5.41) is 5.08. The van der Waals surface area contributed by atoms with Crippen LogP contribution in [0.3, 0.4) is 0 Å². The Morgan fingerprint density at radius 2 is 1.89 bits per heavy atom. The zero-order valence-electron chi connectivity index (χ0n) is 13.7. The van der Waals surface area contributed by atoms with Crippen LogP contribution in [0.1, 0.15) is 9.67 Å². The van der Waals surface area contributed by atoms with E-state index in [0.717, 1.165) is 0 Å². The number of anilines is 1. The predicted octanol–water partition coefficient (Wildman–Crippen LogP) is 5.57. The highest BCUT2D eigenvalue weighted by Gasteiger charge is 2.19. The van der Waals surface area contributed by atoms with E-state index < -0.39 is 11.7 Å². The Balaban J connectivity index is 1.93. The number of hydrogen-bond acceptors (Lipinski definition) is 4. The molecular weight excluding hydrogens is 389 g/mol. The summed E-state index contributed by atoms with van der Waals surface area (Å²) in [5.41, 5.74) is 0.478. The molecule has 0 spiro atoms. The number of carbonyl (C=O) groups is 1. The Labute approximate surface area is 161 Å². The van der Waals surface area contributed by atoms with E-state index in [4.69, 9.17) is 16.0 Å². The van der Waals surface area contributed by atoms with Crippen molar-refractivity contribution in [2.45, 2.75) is 0 Å². The number of thiophene rings is 1. The molecule has 4 nitrogen and oxygen atoms in total. The Kier molecular flexibility index (Phi) is 4.51. The van der Waals surface area contributed by atoms with E-state index in [2.05, 4.69) is 5.32 Å². The van der Waals surface area contributed by atoms with Crippen molar-refractivity contribution in [1.29, 1.82) is 0 Å². The lowest BCUT2D eigenvalue weighted by molar-refractivity contribution is 0.102. The van der Waals surface area contributed by atoms with E-state index in [1.54, 1.807) is 29.6 Å². The maximum Gasteiger partial charge on any atom is 0.268 e. The van der Waals surface area contributed by atoms with Gasteiger partial charge in [0.05, 0.1) is 15.8 Å². The minimum absolute atomic E-state index is 0.000157. The molecule has 0 aliphatic heterocycles. The number of rotatable bonds is 3. The van der Waals surface area contributed by atoms with Gasteiger partial charge in [-0.15, -0.1) is 11.3 Å². The molecule has 1 N–H and O–H groups in total. The molecule has 4 rings (SSSR count). The van der Waals surface area contributed by atoms with E-state index in [-0.39, 0.29) is 27.8 Å². The molecule has 0 aliphatic rings. The second kappa shape index (κ2) is 6.98. The third kappa shape index (κ3) is 3.37. The molecule has 4 aromatic rings. The number of benzene rings is 2. The molecule has 0 atom stereocenters. The number of fused-ring (bicyclic) bond motifs is 1. The largest absolute Gasteiger partial charge is 0.439 e. The summed E-state index contributed by atoms with van der Waals surface area (Å²) in [6.45, 7) is 0. The summed E-state index contributed by atoms with van der Waals surface area (Å²) in [7, 11) is 0. The Hall–Kier alpha value is -2.96. The molecule has 1 amide bonds. The normalized spacial score (nSPS) is 10.9. The minimum atomic E-state index is -0.434. The van der Waals surface area contributed by atoms with Gasteiger partial charge in [-0.05, 0) is 47.3 Å². The third-order valence-electron chi connectivity index (χ3n) is 3.96. The highest BCUT2D eigenvalue weighted by atomic mass is 35.5. The summed E-state index contributed by atoms with van der Waals surface area (Å²) in [6.07, 6.45) is 0. The average Bonchev–Trinajstić information content (AvgIpc) is 3.19. The van der Waals surface area contributed by atoms with E-state index in [0.29, 0.717) is 15.5 Å². The van der Waals surface area contributed by atoms with Gasteiger partial charge in [0.15, 0.2) is 0 Å². The topological polar surface area (TPSA) is 59.3 Å². The van der Waals surface area contributed by atoms with Crippen LogP contribution in [0.15, 0.2) is 69.2 Å². The van der Waals surface area contributed by atoms with Crippen LogP contribution in [0.25, 0.3) is 22.1 Å². The summed E-state index contributed by atoms with van der Waals surface area (Å²) in [4.78, 5) is 26.0. The smallest absolute Gasteiger partial charge is 0.268 e. The van der Waals surface area contributed by atoms with E-state index >= 15 is 0 Å². The minimum Gasteiger partial charge on any atom is -0.439 e. The van der Waals surface area contributed by atoms with Crippen LogP contribution in [-0.4, -0.2) is 5.91 Å². The fourth-order valence-electron chi connectivity index (χ4n) is 2.71.